The van der Waals surface area contributed by atoms with Crippen molar-refractivity contribution in [2.45, 2.75) is 103 Å². The summed E-state index contributed by atoms with van der Waals surface area (Å²) in [5, 5.41) is 0. The Balaban J connectivity index is 0.000000220. The normalized spacial score (nSPS) is 17.4. The minimum Gasteiger partial charge on any atom is -0.496 e. The fourth-order valence-electron chi connectivity index (χ4n) is 6.42. The Morgan fingerprint density at radius 2 is 1.71 bits per heavy atom. The molecule has 2 heterocycles. The largest absolute Gasteiger partial charge is 0.496 e. The van der Waals surface area contributed by atoms with E-state index in [9.17, 15) is 9.59 Å². The maximum absolute atomic E-state index is 12.7. The Morgan fingerprint density at radius 3 is 2.29 bits per heavy atom. The Kier molecular flexibility index (Phi) is 17.1. The van der Waals surface area contributed by atoms with Crippen LogP contribution in [0, 0.1) is 12.8 Å². The number of aromatic nitrogens is 1. The molecule has 2 amide bonds. The number of allylic oxidation sites excluding steroid dienone is 1. The number of ether oxygens (including phenoxy) is 3. The average Bonchev–Trinajstić information content (AvgIpc) is 3.15. The standard InChI is InChI=1S/C19H28N4O.C14H20O.C6H11NO3/c1-14(2)22-13-17(12-20)16-9-10-21-18(11-16)23(3)19(24)15-7-5-4-6-8-15;1-11-10-13(8-9-14(11)15-2)12-6-4-3-5-7-12;1-9-6(8)7-3-2-4-10-5-7/h9-15H,4-8,20H2,1-3H3;8-10,12H,3-7H2,1-2H3;2-5H2,1H3/b17-12+,22-13?;;. The highest BCUT2D eigenvalue weighted by molar-refractivity contribution is 6.10. The predicted octanol–water partition coefficient (Wildman–Crippen LogP) is 7.89. The second-order valence-corrected chi connectivity index (χ2v) is 13.3. The first-order valence-electron chi connectivity index (χ1n) is 17.9. The lowest BCUT2D eigenvalue weighted by Crippen LogP contribution is -2.37. The molecule has 3 aliphatic rings. The summed E-state index contributed by atoms with van der Waals surface area (Å²) in [5.41, 5.74) is 10.2. The molecule has 10 nitrogen and oxygen atoms in total. The number of hydrogen-bond donors (Lipinski definition) is 1. The minimum absolute atomic E-state index is 0.126. The summed E-state index contributed by atoms with van der Waals surface area (Å²) in [7, 11) is 4.91. The molecule has 1 saturated heterocycles. The number of nitrogens with two attached hydrogens (primary N) is 1. The van der Waals surface area contributed by atoms with Crippen molar-refractivity contribution in [2.75, 3.05) is 46.0 Å². The summed E-state index contributed by atoms with van der Waals surface area (Å²) in [4.78, 5) is 35.4. The number of benzene rings is 1. The Labute approximate surface area is 294 Å². The van der Waals surface area contributed by atoms with Crippen molar-refractivity contribution in [1.29, 1.82) is 0 Å². The monoisotopic (exact) mass is 677 g/mol. The minimum atomic E-state index is -0.306. The van der Waals surface area contributed by atoms with Gasteiger partial charge in [0.05, 0.1) is 20.8 Å². The highest BCUT2D eigenvalue weighted by Gasteiger charge is 2.25. The molecule has 1 aromatic heterocycles. The van der Waals surface area contributed by atoms with Gasteiger partial charge in [-0.1, -0.05) is 50.7 Å². The number of anilines is 1. The molecule has 2 N–H and O–H groups in total. The molecule has 10 heteroatoms. The van der Waals surface area contributed by atoms with Gasteiger partial charge in [0, 0.05) is 49.7 Å². The second kappa shape index (κ2) is 21.2. The number of pyridine rings is 1. The molecule has 2 aliphatic carbocycles. The molecule has 1 aromatic carbocycles. The van der Waals surface area contributed by atoms with Crippen molar-refractivity contribution < 1.29 is 23.8 Å². The summed E-state index contributed by atoms with van der Waals surface area (Å²) in [5.74, 6) is 2.74. The fourth-order valence-corrected chi connectivity index (χ4v) is 6.42. The first-order chi connectivity index (χ1) is 23.7. The number of carbonyl (C=O) groups excluding carboxylic acids is 2. The van der Waals surface area contributed by atoms with Crippen LogP contribution in [0.3, 0.4) is 0 Å². The smallest absolute Gasteiger partial charge is 0.411 e. The van der Waals surface area contributed by atoms with Gasteiger partial charge in [-0.3, -0.25) is 19.6 Å². The van der Waals surface area contributed by atoms with Crippen LogP contribution in [0.2, 0.25) is 0 Å². The maximum atomic E-state index is 12.7. The van der Waals surface area contributed by atoms with Gasteiger partial charge in [-0.15, -0.1) is 0 Å². The van der Waals surface area contributed by atoms with E-state index in [0.717, 1.165) is 68.1 Å². The number of aliphatic imine (C=N–C) groups is 1. The summed E-state index contributed by atoms with van der Waals surface area (Å²) in [6, 6.07) is 10.6. The molecule has 0 radical (unpaired) electrons. The van der Waals surface area contributed by atoms with E-state index in [1.165, 1.54) is 67.9 Å². The zero-order chi connectivity index (χ0) is 35.6. The van der Waals surface area contributed by atoms with Gasteiger partial charge in [0.15, 0.2) is 0 Å². The predicted molar refractivity (Wildman–Crippen MR) is 198 cm³/mol. The van der Waals surface area contributed by atoms with Gasteiger partial charge in [0.2, 0.25) is 5.91 Å². The zero-order valence-corrected chi connectivity index (χ0v) is 30.7. The highest BCUT2D eigenvalue weighted by Crippen LogP contribution is 2.34. The van der Waals surface area contributed by atoms with Gasteiger partial charge in [-0.05, 0) is 93.7 Å². The number of nitrogens with zero attached hydrogens (tertiary/aromatic N) is 4. The lowest BCUT2D eigenvalue weighted by Gasteiger charge is -2.26. The number of amides is 2. The van der Waals surface area contributed by atoms with Crippen molar-refractivity contribution in [3.63, 3.8) is 0 Å². The van der Waals surface area contributed by atoms with E-state index in [2.05, 4.69) is 39.8 Å². The molecule has 0 unspecified atom stereocenters. The number of rotatable bonds is 7. The highest BCUT2D eigenvalue weighted by atomic mass is 16.6. The SMILES string of the molecule is CC(C)N=C/C(=C\N)c1ccnc(N(C)C(=O)C2CCCCC2)c1.COC(=O)N1CCCOC1.COc1ccc(C2CCCCC2)cc1C. The van der Waals surface area contributed by atoms with E-state index in [-0.39, 0.29) is 24.0 Å². The second-order valence-electron chi connectivity index (χ2n) is 13.3. The summed E-state index contributed by atoms with van der Waals surface area (Å²) in [6.45, 7) is 8.01. The number of methoxy groups -OCH3 is 2. The van der Waals surface area contributed by atoms with Gasteiger partial charge >= 0.3 is 6.09 Å². The molecule has 270 valence electrons. The van der Waals surface area contributed by atoms with E-state index in [1.807, 2.05) is 26.0 Å². The zero-order valence-electron chi connectivity index (χ0n) is 30.7. The van der Waals surface area contributed by atoms with E-state index in [0.29, 0.717) is 12.5 Å². The fraction of sp³-hybridized carbons (Fsp3) is 0.590. The third-order valence-electron chi connectivity index (χ3n) is 9.29. The number of carbonyl (C=O) groups is 2. The molecule has 5 rings (SSSR count). The average molecular weight is 678 g/mol. The van der Waals surface area contributed by atoms with Crippen LogP contribution in [0.25, 0.3) is 5.57 Å². The number of aryl methyl sites for hydroxylation is 1. The molecule has 3 fully saturated rings. The third kappa shape index (κ3) is 12.8. The molecule has 2 aromatic rings. The van der Waals surface area contributed by atoms with Crippen LogP contribution in [0.15, 0.2) is 47.7 Å². The Morgan fingerprint density at radius 1 is 1.02 bits per heavy atom. The van der Waals surface area contributed by atoms with Crippen LogP contribution in [0.5, 0.6) is 5.75 Å². The van der Waals surface area contributed by atoms with Crippen molar-refractivity contribution in [1.82, 2.24) is 9.88 Å². The van der Waals surface area contributed by atoms with Crippen molar-refractivity contribution in [3.05, 3.63) is 59.4 Å². The molecule has 0 spiro atoms. The molecule has 0 atom stereocenters. The van der Waals surface area contributed by atoms with Crippen molar-refractivity contribution in [3.8, 4) is 5.75 Å². The molecule has 1 aliphatic heterocycles. The quantitative estimate of drug-likeness (QED) is 0.296. The van der Waals surface area contributed by atoms with Crippen LogP contribution < -0.4 is 15.4 Å². The van der Waals surface area contributed by atoms with Gasteiger partial charge in [-0.2, -0.15) is 0 Å². The molecular weight excluding hydrogens is 618 g/mol. The first kappa shape index (κ1) is 39.5. The van der Waals surface area contributed by atoms with E-state index >= 15 is 0 Å². The van der Waals surface area contributed by atoms with E-state index in [1.54, 1.807) is 31.5 Å². The Hall–Kier alpha value is -3.92. The van der Waals surface area contributed by atoms with Gasteiger partial charge in [0.25, 0.3) is 0 Å². The summed E-state index contributed by atoms with van der Waals surface area (Å²) < 4.78 is 14.8. The van der Waals surface area contributed by atoms with Gasteiger partial charge < -0.3 is 19.9 Å². The lowest BCUT2D eigenvalue weighted by atomic mass is 9.83. The van der Waals surface area contributed by atoms with Crippen LogP contribution in [0.4, 0.5) is 10.6 Å². The van der Waals surface area contributed by atoms with Crippen molar-refractivity contribution >= 4 is 29.6 Å². The molecule has 2 saturated carbocycles. The Bertz CT molecular complexity index is 1360. The lowest BCUT2D eigenvalue weighted by molar-refractivity contribution is -0.123. The first-order valence-corrected chi connectivity index (χ1v) is 17.9. The van der Waals surface area contributed by atoms with Gasteiger partial charge in [-0.25, -0.2) is 9.78 Å². The summed E-state index contributed by atoms with van der Waals surface area (Å²) >= 11 is 0. The topological polar surface area (TPSA) is 120 Å². The van der Waals surface area contributed by atoms with E-state index < -0.39 is 0 Å². The van der Waals surface area contributed by atoms with Crippen LogP contribution in [-0.2, 0) is 14.3 Å². The van der Waals surface area contributed by atoms with Crippen LogP contribution in [-0.4, -0.2) is 75.3 Å². The van der Waals surface area contributed by atoms with Crippen molar-refractivity contribution in [2.24, 2.45) is 16.6 Å². The molecule has 0 bridgehead atoms. The van der Waals surface area contributed by atoms with Crippen LogP contribution in [0.1, 0.15) is 107 Å². The molecule has 49 heavy (non-hydrogen) atoms. The number of hydrogen-bond acceptors (Lipinski definition) is 8. The molecular formula is C39H59N5O5. The van der Waals surface area contributed by atoms with Gasteiger partial charge in [0.1, 0.15) is 18.3 Å². The maximum Gasteiger partial charge on any atom is 0.411 e. The van der Waals surface area contributed by atoms with E-state index in [4.69, 9.17) is 15.2 Å². The summed E-state index contributed by atoms with van der Waals surface area (Å²) in [6.07, 6.45) is 18.1. The van der Waals surface area contributed by atoms with Crippen LogP contribution >= 0.6 is 0 Å². The third-order valence-corrected chi connectivity index (χ3v) is 9.29.